The van der Waals surface area contributed by atoms with E-state index in [-0.39, 0.29) is 0 Å². The Kier molecular flexibility index (Phi) is 6.91. The van der Waals surface area contributed by atoms with Gasteiger partial charge in [-0.15, -0.1) is 0 Å². The molecule has 0 aliphatic carbocycles. The molecule has 0 bridgehead atoms. The highest BCUT2D eigenvalue weighted by Gasteiger charge is 2.11. The molecule has 0 saturated carbocycles. The lowest BCUT2D eigenvalue weighted by atomic mass is 9.90. The van der Waals surface area contributed by atoms with Crippen LogP contribution in [0.5, 0.6) is 0 Å². The molecular weight excluding hydrogens is 276 g/mol. The van der Waals surface area contributed by atoms with Gasteiger partial charge in [-0.3, -0.25) is 0 Å². The van der Waals surface area contributed by atoms with Crippen molar-refractivity contribution in [2.24, 2.45) is 5.41 Å². The van der Waals surface area contributed by atoms with Crippen LogP contribution in [-0.4, -0.2) is 18.6 Å². The first-order valence-electron chi connectivity index (χ1n) is 7.76. The third-order valence-electron chi connectivity index (χ3n) is 3.27. The quantitative estimate of drug-likeness (QED) is 0.599. The van der Waals surface area contributed by atoms with Gasteiger partial charge in [-0.25, -0.2) is 4.79 Å². The van der Waals surface area contributed by atoms with Crippen molar-refractivity contribution >= 4 is 11.7 Å². The van der Waals surface area contributed by atoms with Crippen molar-refractivity contribution in [2.45, 2.75) is 53.1 Å². The molecule has 0 saturated heterocycles. The van der Waals surface area contributed by atoms with E-state index in [0.717, 1.165) is 18.7 Å². The highest BCUT2D eigenvalue weighted by atomic mass is 16.5. The molecule has 0 amide bonds. The Bertz CT molecular complexity index is 509. The summed E-state index contributed by atoms with van der Waals surface area (Å²) in [6.45, 7) is 9.24. The zero-order valence-electron chi connectivity index (χ0n) is 14.0. The van der Waals surface area contributed by atoms with Crippen LogP contribution in [0.25, 0.3) is 0 Å². The standard InChI is InChI=1S/C18H26N2O2/c1-14(13-19)22-17(21)15-7-9-16(10-8-15)20-12-6-5-11-18(2,3)4/h7-10,14,20H,5-6,11-12H2,1-4H3. The van der Waals surface area contributed by atoms with Gasteiger partial charge in [0.25, 0.3) is 0 Å². The highest BCUT2D eigenvalue weighted by molar-refractivity contribution is 5.90. The lowest BCUT2D eigenvalue weighted by Gasteiger charge is -2.17. The topological polar surface area (TPSA) is 62.1 Å². The first-order chi connectivity index (χ1) is 10.3. The number of nitrogens with zero attached hydrogens (tertiary/aromatic N) is 1. The van der Waals surface area contributed by atoms with Gasteiger partial charge < -0.3 is 10.1 Å². The van der Waals surface area contributed by atoms with Crippen molar-refractivity contribution in [3.8, 4) is 6.07 Å². The first kappa shape index (κ1) is 18.0. The summed E-state index contributed by atoms with van der Waals surface area (Å²) in [6, 6.07) is 9.01. The molecule has 120 valence electrons. The maximum atomic E-state index is 11.7. The molecular formula is C18H26N2O2. The molecule has 0 heterocycles. The van der Waals surface area contributed by atoms with Gasteiger partial charge >= 0.3 is 5.97 Å². The van der Waals surface area contributed by atoms with Crippen molar-refractivity contribution in [3.63, 3.8) is 0 Å². The van der Waals surface area contributed by atoms with Crippen molar-refractivity contribution in [1.29, 1.82) is 5.26 Å². The zero-order valence-corrected chi connectivity index (χ0v) is 14.0. The molecule has 1 rings (SSSR count). The van der Waals surface area contributed by atoms with Crippen LogP contribution in [0.15, 0.2) is 24.3 Å². The number of rotatable bonds is 7. The summed E-state index contributed by atoms with van der Waals surface area (Å²) in [5.74, 6) is -0.467. The second-order valence-corrected chi connectivity index (χ2v) is 6.70. The van der Waals surface area contributed by atoms with Gasteiger partial charge in [-0.05, 0) is 49.4 Å². The number of nitrogens with one attached hydrogen (secondary N) is 1. The average molecular weight is 302 g/mol. The van der Waals surface area contributed by atoms with Gasteiger partial charge in [0.05, 0.1) is 5.56 Å². The smallest absolute Gasteiger partial charge is 0.339 e. The minimum atomic E-state index is -0.729. The van der Waals surface area contributed by atoms with Crippen LogP contribution in [-0.2, 0) is 4.74 Å². The average Bonchev–Trinajstić information content (AvgIpc) is 2.46. The highest BCUT2D eigenvalue weighted by Crippen LogP contribution is 2.21. The van der Waals surface area contributed by atoms with Crippen LogP contribution in [0.2, 0.25) is 0 Å². The van der Waals surface area contributed by atoms with Gasteiger partial charge in [0, 0.05) is 12.2 Å². The van der Waals surface area contributed by atoms with Crippen molar-refractivity contribution in [3.05, 3.63) is 29.8 Å². The van der Waals surface area contributed by atoms with Gasteiger partial charge in [0.15, 0.2) is 6.10 Å². The van der Waals surface area contributed by atoms with Crippen molar-refractivity contribution in [1.82, 2.24) is 0 Å². The van der Waals surface area contributed by atoms with Crippen LogP contribution >= 0.6 is 0 Å². The van der Waals surface area contributed by atoms with Gasteiger partial charge in [-0.1, -0.05) is 27.2 Å². The van der Waals surface area contributed by atoms with E-state index in [4.69, 9.17) is 10.00 Å². The maximum Gasteiger partial charge on any atom is 0.339 e. The van der Waals surface area contributed by atoms with E-state index in [2.05, 4.69) is 26.1 Å². The fourth-order valence-corrected chi connectivity index (χ4v) is 1.99. The fraction of sp³-hybridized carbons (Fsp3) is 0.556. The lowest BCUT2D eigenvalue weighted by Crippen LogP contribution is -2.13. The number of ether oxygens (including phenoxy) is 1. The summed E-state index contributed by atoms with van der Waals surface area (Å²) >= 11 is 0. The van der Waals surface area contributed by atoms with Crippen LogP contribution in [0.4, 0.5) is 5.69 Å². The summed E-state index contributed by atoms with van der Waals surface area (Å²) in [4.78, 5) is 11.7. The number of carbonyl (C=O) groups excluding carboxylic acids is 1. The Hall–Kier alpha value is -2.02. The van der Waals surface area contributed by atoms with Gasteiger partial charge in [-0.2, -0.15) is 5.26 Å². The summed E-state index contributed by atoms with van der Waals surface area (Å²) < 4.78 is 4.95. The monoisotopic (exact) mass is 302 g/mol. The van der Waals surface area contributed by atoms with E-state index in [9.17, 15) is 4.79 Å². The zero-order chi connectivity index (χ0) is 16.6. The van der Waals surface area contributed by atoms with Crippen molar-refractivity contribution < 1.29 is 9.53 Å². The molecule has 0 aliphatic rings. The number of nitriles is 1. The van der Waals surface area contributed by atoms with E-state index in [1.165, 1.54) is 12.8 Å². The van der Waals surface area contributed by atoms with E-state index in [0.29, 0.717) is 11.0 Å². The minimum Gasteiger partial charge on any atom is -0.444 e. The molecule has 4 heteroatoms. The van der Waals surface area contributed by atoms with E-state index in [1.807, 2.05) is 18.2 Å². The largest absolute Gasteiger partial charge is 0.444 e. The molecule has 0 fully saturated rings. The Labute approximate surface area is 133 Å². The van der Waals surface area contributed by atoms with E-state index in [1.54, 1.807) is 19.1 Å². The number of unbranched alkanes of at least 4 members (excludes halogenated alkanes) is 1. The summed E-state index contributed by atoms with van der Waals surface area (Å²) in [6.07, 6.45) is 2.82. The molecule has 1 N–H and O–H groups in total. The summed E-state index contributed by atoms with van der Waals surface area (Å²) in [5.41, 5.74) is 1.84. The fourth-order valence-electron chi connectivity index (χ4n) is 1.99. The molecule has 1 unspecified atom stereocenters. The van der Waals surface area contributed by atoms with Crippen LogP contribution in [0.1, 0.15) is 57.3 Å². The van der Waals surface area contributed by atoms with Crippen LogP contribution in [0, 0.1) is 16.7 Å². The molecule has 1 atom stereocenters. The Morgan fingerprint density at radius 3 is 2.45 bits per heavy atom. The SMILES string of the molecule is CC(C#N)OC(=O)c1ccc(NCCCCC(C)(C)C)cc1. The van der Waals surface area contributed by atoms with Crippen LogP contribution in [0.3, 0.4) is 0 Å². The van der Waals surface area contributed by atoms with Gasteiger partial charge in [0.2, 0.25) is 0 Å². The minimum absolute atomic E-state index is 0.391. The Balaban J connectivity index is 2.36. The summed E-state index contributed by atoms with van der Waals surface area (Å²) in [5, 5.41) is 12.0. The molecule has 22 heavy (non-hydrogen) atoms. The predicted molar refractivity (Wildman–Crippen MR) is 88.7 cm³/mol. The number of carbonyl (C=O) groups is 1. The number of anilines is 1. The molecule has 1 aromatic carbocycles. The van der Waals surface area contributed by atoms with Gasteiger partial charge in [0.1, 0.15) is 6.07 Å². The third kappa shape index (κ3) is 7.12. The number of benzene rings is 1. The Morgan fingerprint density at radius 1 is 1.27 bits per heavy atom. The molecule has 0 spiro atoms. The second kappa shape index (κ2) is 8.43. The normalized spacial score (nSPS) is 12.3. The molecule has 4 nitrogen and oxygen atoms in total. The van der Waals surface area contributed by atoms with Crippen molar-refractivity contribution in [2.75, 3.05) is 11.9 Å². The number of hydrogen-bond acceptors (Lipinski definition) is 4. The number of esters is 1. The summed E-state index contributed by atoms with van der Waals surface area (Å²) in [7, 11) is 0. The first-order valence-corrected chi connectivity index (χ1v) is 7.76. The molecule has 0 aliphatic heterocycles. The van der Waals surface area contributed by atoms with Crippen LogP contribution < -0.4 is 5.32 Å². The number of hydrogen-bond donors (Lipinski definition) is 1. The molecule has 1 aromatic rings. The second-order valence-electron chi connectivity index (χ2n) is 6.70. The molecule has 0 aromatic heterocycles. The lowest BCUT2D eigenvalue weighted by molar-refractivity contribution is 0.0435. The predicted octanol–water partition coefficient (Wildman–Crippen LogP) is 4.38. The third-order valence-corrected chi connectivity index (χ3v) is 3.27. The Morgan fingerprint density at radius 2 is 1.91 bits per heavy atom. The van der Waals surface area contributed by atoms with E-state index >= 15 is 0 Å². The molecule has 0 radical (unpaired) electrons. The van der Waals surface area contributed by atoms with E-state index < -0.39 is 12.1 Å². The maximum absolute atomic E-state index is 11.7.